The van der Waals surface area contributed by atoms with E-state index in [9.17, 15) is 9.59 Å². The number of benzene rings is 2. The van der Waals surface area contributed by atoms with Gasteiger partial charge in [0.1, 0.15) is 6.33 Å². The Morgan fingerprint density at radius 2 is 1.88 bits per heavy atom. The lowest BCUT2D eigenvalue weighted by molar-refractivity contribution is -0.129. The van der Waals surface area contributed by atoms with Gasteiger partial charge in [0.25, 0.3) is 0 Å². The lowest BCUT2D eigenvalue weighted by Gasteiger charge is -2.32. The van der Waals surface area contributed by atoms with E-state index in [0.29, 0.717) is 29.7 Å². The topological polar surface area (TPSA) is 80.1 Å². The van der Waals surface area contributed by atoms with Crippen molar-refractivity contribution in [3.05, 3.63) is 71.5 Å². The Morgan fingerprint density at radius 1 is 1.09 bits per heavy atom. The van der Waals surface area contributed by atoms with Crippen molar-refractivity contribution < 1.29 is 9.59 Å². The van der Waals surface area contributed by atoms with Gasteiger partial charge in [-0.2, -0.15) is 0 Å². The van der Waals surface area contributed by atoms with Crippen molar-refractivity contribution in [3.63, 3.8) is 0 Å². The first-order valence-electron chi connectivity index (χ1n) is 11.0. The van der Waals surface area contributed by atoms with E-state index in [1.54, 1.807) is 12.4 Å². The maximum atomic E-state index is 12.7. The van der Waals surface area contributed by atoms with Gasteiger partial charge < -0.3 is 10.2 Å². The van der Waals surface area contributed by atoms with E-state index < -0.39 is 0 Å². The average molecular weight is 484 g/mol. The fourth-order valence-electron chi connectivity index (χ4n) is 3.82. The van der Waals surface area contributed by atoms with Gasteiger partial charge in [-0.1, -0.05) is 59.8 Å². The fraction of sp³-hybridized carbons (Fsp3) is 0.333. The van der Waals surface area contributed by atoms with Crippen molar-refractivity contribution in [2.24, 2.45) is 0 Å². The molecule has 172 valence electrons. The van der Waals surface area contributed by atoms with Crippen LogP contribution in [0.3, 0.4) is 0 Å². The number of hydrogen-bond acceptors (Lipinski definition) is 5. The molecule has 0 aliphatic carbocycles. The quantitative estimate of drug-likeness (QED) is 0.493. The van der Waals surface area contributed by atoms with Crippen LogP contribution in [0.4, 0.5) is 0 Å². The van der Waals surface area contributed by atoms with Gasteiger partial charge in [0.2, 0.25) is 11.8 Å². The van der Waals surface area contributed by atoms with Crippen molar-refractivity contribution in [3.8, 4) is 5.69 Å². The summed E-state index contributed by atoms with van der Waals surface area (Å²) in [4.78, 5) is 26.9. The number of aryl methyl sites for hydroxylation is 1. The summed E-state index contributed by atoms with van der Waals surface area (Å²) in [5, 5.41) is 12.5. The highest BCUT2D eigenvalue weighted by Crippen LogP contribution is 2.22. The predicted molar refractivity (Wildman–Crippen MR) is 130 cm³/mol. The third-order valence-corrected chi connectivity index (χ3v) is 6.79. The molecule has 1 fully saturated rings. The molecule has 4 rings (SSSR count). The fourth-order valence-corrected chi connectivity index (χ4v) is 4.84. The Morgan fingerprint density at radius 3 is 2.64 bits per heavy atom. The molecule has 0 radical (unpaired) electrons. The van der Waals surface area contributed by atoms with Crippen LogP contribution in [0.15, 0.2) is 66.1 Å². The van der Waals surface area contributed by atoms with Gasteiger partial charge >= 0.3 is 0 Å². The molecule has 0 spiro atoms. The van der Waals surface area contributed by atoms with Crippen LogP contribution in [-0.4, -0.2) is 56.4 Å². The molecule has 7 nitrogen and oxygen atoms in total. The number of likely N-dealkylation sites (tertiary alicyclic amines) is 1. The van der Waals surface area contributed by atoms with E-state index in [-0.39, 0.29) is 23.6 Å². The Bertz CT molecular complexity index is 1080. The van der Waals surface area contributed by atoms with Gasteiger partial charge in [0.05, 0.1) is 11.4 Å². The molecular weight excluding hydrogens is 458 g/mol. The maximum absolute atomic E-state index is 12.7. The van der Waals surface area contributed by atoms with Crippen molar-refractivity contribution in [2.45, 2.75) is 36.9 Å². The smallest absolute Gasteiger partial charge is 0.233 e. The SMILES string of the molecule is O=C(CCc1ccccc1)NC1CCN(C(=O)CSc2nncn2-c2cccc(Cl)c2)CC1. The van der Waals surface area contributed by atoms with Crippen molar-refractivity contribution in [1.29, 1.82) is 0 Å². The van der Waals surface area contributed by atoms with Crippen LogP contribution in [0, 0.1) is 0 Å². The van der Waals surface area contributed by atoms with Crippen LogP contribution in [0.25, 0.3) is 5.69 Å². The zero-order chi connectivity index (χ0) is 23.0. The normalized spacial score (nSPS) is 14.3. The van der Waals surface area contributed by atoms with Gasteiger partial charge in [-0.3, -0.25) is 14.2 Å². The number of carbonyl (C=O) groups is 2. The second-order valence-electron chi connectivity index (χ2n) is 7.96. The highest BCUT2D eigenvalue weighted by atomic mass is 35.5. The minimum Gasteiger partial charge on any atom is -0.353 e. The van der Waals surface area contributed by atoms with E-state index in [2.05, 4.69) is 15.5 Å². The lowest BCUT2D eigenvalue weighted by Crippen LogP contribution is -2.47. The van der Waals surface area contributed by atoms with Crippen LogP contribution < -0.4 is 5.32 Å². The molecule has 1 aliphatic heterocycles. The molecule has 9 heteroatoms. The molecule has 0 unspecified atom stereocenters. The molecule has 2 heterocycles. The summed E-state index contributed by atoms with van der Waals surface area (Å²) >= 11 is 7.44. The second-order valence-corrected chi connectivity index (χ2v) is 9.34. The highest BCUT2D eigenvalue weighted by molar-refractivity contribution is 7.99. The van der Waals surface area contributed by atoms with E-state index in [0.717, 1.165) is 30.5 Å². The monoisotopic (exact) mass is 483 g/mol. The van der Waals surface area contributed by atoms with Crippen molar-refractivity contribution in [1.82, 2.24) is 25.0 Å². The van der Waals surface area contributed by atoms with Gasteiger partial charge in [-0.15, -0.1) is 10.2 Å². The minimum atomic E-state index is 0.0644. The third kappa shape index (κ3) is 6.58. The molecule has 1 aliphatic rings. The largest absolute Gasteiger partial charge is 0.353 e. The number of thioether (sulfide) groups is 1. The molecule has 1 aromatic heterocycles. The summed E-state index contributed by atoms with van der Waals surface area (Å²) in [5.74, 6) is 0.418. The first-order chi connectivity index (χ1) is 16.1. The van der Waals surface area contributed by atoms with Crippen LogP contribution in [0.5, 0.6) is 0 Å². The van der Waals surface area contributed by atoms with E-state index in [4.69, 9.17) is 11.6 Å². The predicted octanol–water partition coefficient (Wildman–Crippen LogP) is 3.75. The first kappa shape index (κ1) is 23.3. The molecule has 0 atom stereocenters. The standard InChI is InChI=1S/C24H26ClN5O2S/c25-19-7-4-8-21(15-19)30-17-26-28-24(30)33-16-23(32)29-13-11-20(12-14-29)27-22(31)10-9-18-5-2-1-3-6-18/h1-8,15,17,20H,9-14,16H2,(H,27,31). The molecule has 3 aromatic rings. The summed E-state index contributed by atoms with van der Waals surface area (Å²) < 4.78 is 1.82. The summed E-state index contributed by atoms with van der Waals surface area (Å²) in [5.41, 5.74) is 2.02. The summed E-state index contributed by atoms with van der Waals surface area (Å²) in [6.45, 7) is 1.29. The number of nitrogens with zero attached hydrogens (tertiary/aromatic N) is 4. The molecule has 1 saturated heterocycles. The first-order valence-corrected chi connectivity index (χ1v) is 12.3. The van der Waals surface area contributed by atoms with Crippen LogP contribution >= 0.6 is 23.4 Å². The zero-order valence-corrected chi connectivity index (χ0v) is 19.8. The Hall–Kier alpha value is -2.84. The Balaban J connectivity index is 1.20. The molecule has 0 bridgehead atoms. The summed E-state index contributed by atoms with van der Waals surface area (Å²) in [7, 11) is 0. The number of carbonyl (C=O) groups excluding carboxylic acids is 2. The number of rotatable bonds is 8. The molecule has 1 N–H and O–H groups in total. The average Bonchev–Trinajstić information content (AvgIpc) is 3.31. The lowest BCUT2D eigenvalue weighted by atomic mass is 10.0. The van der Waals surface area contributed by atoms with Crippen LogP contribution in [-0.2, 0) is 16.0 Å². The third-order valence-electron chi connectivity index (χ3n) is 5.62. The Kier molecular flexibility index (Phi) is 8.01. The van der Waals surface area contributed by atoms with E-state index in [1.165, 1.54) is 11.8 Å². The Labute approximate surface area is 202 Å². The van der Waals surface area contributed by atoms with Gasteiger partial charge in [-0.05, 0) is 43.0 Å². The second kappa shape index (κ2) is 11.3. The number of halogens is 1. The van der Waals surface area contributed by atoms with Gasteiger partial charge in [0.15, 0.2) is 5.16 Å². The minimum absolute atomic E-state index is 0.0644. The molecule has 33 heavy (non-hydrogen) atoms. The van der Waals surface area contributed by atoms with Crippen molar-refractivity contribution in [2.75, 3.05) is 18.8 Å². The number of hydrogen-bond donors (Lipinski definition) is 1. The number of piperidine rings is 1. The van der Waals surface area contributed by atoms with E-state index >= 15 is 0 Å². The van der Waals surface area contributed by atoms with Crippen LogP contribution in [0.1, 0.15) is 24.8 Å². The maximum Gasteiger partial charge on any atom is 0.233 e. The molecule has 2 amide bonds. The molecular formula is C24H26ClN5O2S. The van der Waals surface area contributed by atoms with E-state index in [1.807, 2.05) is 58.0 Å². The molecule has 2 aromatic carbocycles. The summed E-state index contributed by atoms with van der Waals surface area (Å²) in [6, 6.07) is 17.6. The summed E-state index contributed by atoms with van der Waals surface area (Å²) in [6.07, 6.45) is 4.37. The zero-order valence-electron chi connectivity index (χ0n) is 18.2. The highest BCUT2D eigenvalue weighted by Gasteiger charge is 2.24. The molecule has 0 saturated carbocycles. The van der Waals surface area contributed by atoms with Gasteiger partial charge in [-0.25, -0.2) is 0 Å². The van der Waals surface area contributed by atoms with Gasteiger partial charge in [0, 0.05) is 30.6 Å². The number of nitrogens with one attached hydrogen (secondary N) is 1. The van der Waals surface area contributed by atoms with Crippen molar-refractivity contribution >= 4 is 35.2 Å². The number of amides is 2. The van der Waals surface area contributed by atoms with Crippen LogP contribution in [0.2, 0.25) is 5.02 Å². The number of aromatic nitrogens is 3.